The van der Waals surface area contributed by atoms with Crippen LogP contribution in [0.5, 0.6) is 5.75 Å². The molecule has 0 bridgehead atoms. The van der Waals surface area contributed by atoms with Gasteiger partial charge in [-0.2, -0.15) is 0 Å². The molecule has 11 nitrogen and oxygen atoms in total. The van der Waals surface area contributed by atoms with Gasteiger partial charge in [0.15, 0.2) is 22.8 Å². The van der Waals surface area contributed by atoms with Crippen molar-refractivity contribution in [2.24, 2.45) is 5.73 Å². The molecule has 0 atom stereocenters. The Hall–Kier alpha value is -4.54. The number of aromatic nitrogens is 7. The van der Waals surface area contributed by atoms with Crippen molar-refractivity contribution in [1.29, 1.82) is 0 Å². The van der Waals surface area contributed by atoms with E-state index in [9.17, 15) is 9.59 Å². The Labute approximate surface area is 167 Å². The number of fused-ring (bicyclic) bond motifs is 2. The first kappa shape index (κ1) is 17.6. The smallest absolute Gasteiger partial charge is 0.332 e. The molecule has 0 fully saturated rings. The summed E-state index contributed by atoms with van der Waals surface area (Å²) >= 11 is 0. The van der Waals surface area contributed by atoms with E-state index in [1.54, 1.807) is 30.3 Å². The van der Waals surface area contributed by atoms with Crippen LogP contribution in [0.2, 0.25) is 0 Å². The number of benzene rings is 1. The van der Waals surface area contributed by atoms with Crippen LogP contribution in [0.25, 0.3) is 39.4 Å². The number of amides is 1. The van der Waals surface area contributed by atoms with Gasteiger partial charge in [0.25, 0.3) is 5.91 Å². The Morgan fingerprint density at radius 3 is 2.83 bits per heavy atom. The molecule has 148 valence electrons. The van der Waals surface area contributed by atoms with Gasteiger partial charge in [0.2, 0.25) is 0 Å². The van der Waals surface area contributed by atoms with Gasteiger partial charge in [-0.15, -0.1) is 0 Å². The monoisotopic (exact) mass is 402 g/mol. The highest BCUT2D eigenvalue weighted by Crippen LogP contribution is 2.26. The number of nitrogens with two attached hydrogens (primary N) is 1. The van der Waals surface area contributed by atoms with Crippen molar-refractivity contribution in [2.75, 3.05) is 7.11 Å². The number of rotatable bonds is 4. The molecule has 0 aliphatic carbocycles. The molecular formula is C19H14N8O3. The SMILES string of the molecule is COc1ccccc1-n1c(=O)[nH]c2c(C(N)=O)nc(-c3cnc4nc[nH]c4c3)nc21. The van der Waals surface area contributed by atoms with E-state index in [4.69, 9.17) is 10.5 Å². The fourth-order valence-corrected chi connectivity index (χ4v) is 3.28. The number of H-pyrrole nitrogens is 2. The van der Waals surface area contributed by atoms with Crippen molar-refractivity contribution < 1.29 is 9.53 Å². The number of imidazole rings is 2. The first-order chi connectivity index (χ1) is 14.6. The molecule has 0 unspecified atom stereocenters. The molecule has 30 heavy (non-hydrogen) atoms. The van der Waals surface area contributed by atoms with Crippen molar-refractivity contribution in [3.05, 3.63) is 59.0 Å². The number of nitrogens with one attached hydrogen (secondary N) is 2. The number of hydrogen-bond donors (Lipinski definition) is 3. The number of primary amides is 1. The average Bonchev–Trinajstić information content (AvgIpc) is 3.35. The predicted octanol–water partition coefficient (Wildman–Crippen LogP) is 1.15. The second kappa shape index (κ2) is 6.51. The summed E-state index contributed by atoms with van der Waals surface area (Å²) in [6, 6.07) is 8.71. The van der Waals surface area contributed by atoms with Gasteiger partial charge in [-0.05, 0) is 18.2 Å². The number of carbonyl (C=O) groups is 1. The normalized spacial score (nSPS) is 11.2. The number of methoxy groups -OCH3 is 1. The molecule has 0 aliphatic rings. The minimum Gasteiger partial charge on any atom is -0.495 e. The Kier molecular flexibility index (Phi) is 3.81. The number of hydrogen-bond acceptors (Lipinski definition) is 7. The lowest BCUT2D eigenvalue weighted by Gasteiger charge is -2.09. The van der Waals surface area contributed by atoms with E-state index < -0.39 is 11.6 Å². The van der Waals surface area contributed by atoms with Crippen LogP contribution < -0.4 is 16.2 Å². The maximum Gasteiger partial charge on any atom is 0.332 e. The summed E-state index contributed by atoms with van der Waals surface area (Å²) in [6.45, 7) is 0. The minimum absolute atomic E-state index is 0.106. The zero-order valence-corrected chi connectivity index (χ0v) is 15.6. The number of ether oxygens (including phenoxy) is 1. The van der Waals surface area contributed by atoms with Gasteiger partial charge in [-0.25, -0.2) is 29.3 Å². The van der Waals surface area contributed by atoms with Gasteiger partial charge in [0.1, 0.15) is 11.3 Å². The fourth-order valence-electron chi connectivity index (χ4n) is 3.28. The predicted molar refractivity (Wildman–Crippen MR) is 107 cm³/mol. The molecule has 4 aromatic heterocycles. The molecule has 0 saturated carbocycles. The first-order valence-corrected chi connectivity index (χ1v) is 8.82. The van der Waals surface area contributed by atoms with Crippen LogP contribution in [0.4, 0.5) is 0 Å². The van der Waals surface area contributed by atoms with E-state index in [0.29, 0.717) is 28.2 Å². The maximum absolute atomic E-state index is 12.8. The van der Waals surface area contributed by atoms with Crippen molar-refractivity contribution in [3.63, 3.8) is 0 Å². The summed E-state index contributed by atoms with van der Waals surface area (Å²) in [7, 11) is 1.50. The molecule has 1 aromatic carbocycles. The van der Waals surface area contributed by atoms with Gasteiger partial charge in [0.05, 0.1) is 24.6 Å². The second-order valence-corrected chi connectivity index (χ2v) is 6.39. The van der Waals surface area contributed by atoms with Crippen molar-refractivity contribution >= 4 is 28.2 Å². The van der Waals surface area contributed by atoms with Crippen LogP contribution in [0.15, 0.2) is 47.7 Å². The molecule has 0 saturated heterocycles. The highest BCUT2D eigenvalue weighted by molar-refractivity contribution is 6.02. The van der Waals surface area contributed by atoms with E-state index in [0.717, 1.165) is 0 Å². The number of nitrogens with zero attached hydrogens (tertiary/aromatic N) is 5. The van der Waals surface area contributed by atoms with E-state index >= 15 is 0 Å². The standard InChI is InChI=1S/C19H14N8O3/c1-30-12-5-3-2-4-11(12)27-18-14(25-19(27)29)13(15(20)28)24-16(26-18)9-6-10-17(21-7-9)23-8-22-10/h2-8H,1H3,(H2,20,28)(H,25,29)(H,21,22,23). The molecule has 1 amide bonds. The van der Waals surface area contributed by atoms with E-state index in [1.165, 1.54) is 24.2 Å². The molecule has 5 aromatic rings. The quantitative estimate of drug-likeness (QED) is 0.407. The van der Waals surface area contributed by atoms with Crippen LogP contribution in [-0.2, 0) is 0 Å². The van der Waals surface area contributed by atoms with Gasteiger partial charge in [-0.3, -0.25) is 4.79 Å². The molecular weight excluding hydrogens is 388 g/mol. The Bertz CT molecular complexity index is 1500. The Morgan fingerprint density at radius 1 is 1.20 bits per heavy atom. The van der Waals surface area contributed by atoms with Crippen molar-refractivity contribution in [1.82, 2.24) is 34.5 Å². The average molecular weight is 402 g/mol. The Morgan fingerprint density at radius 2 is 2.03 bits per heavy atom. The van der Waals surface area contributed by atoms with Gasteiger partial charge < -0.3 is 20.4 Å². The number of carbonyl (C=O) groups excluding carboxylic acids is 1. The lowest BCUT2D eigenvalue weighted by molar-refractivity contribution is 0.0997. The molecule has 0 radical (unpaired) electrons. The molecule has 4 N–H and O–H groups in total. The first-order valence-electron chi connectivity index (χ1n) is 8.82. The Balaban J connectivity index is 1.84. The van der Waals surface area contributed by atoms with Crippen LogP contribution in [0.3, 0.4) is 0 Å². The number of aromatic amines is 2. The summed E-state index contributed by atoms with van der Waals surface area (Å²) in [6.07, 6.45) is 3.05. The van der Waals surface area contributed by atoms with E-state index in [2.05, 4.69) is 29.9 Å². The van der Waals surface area contributed by atoms with E-state index in [1.807, 2.05) is 0 Å². The highest BCUT2D eigenvalue weighted by Gasteiger charge is 2.21. The lowest BCUT2D eigenvalue weighted by atomic mass is 10.2. The third-order valence-corrected chi connectivity index (χ3v) is 4.63. The van der Waals surface area contributed by atoms with Crippen LogP contribution in [0.1, 0.15) is 10.5 Å². The van der Waals surface area contributed by atoms with E-state index in [-0.39, 0.29) is 22.7 Å². The summed E-state index contributed by atoms with van der Waals surface area (Å²) in [4.78, 5) is 47.6. The molecule has 11 heteroatoms. The van der Waals surface area contributed by atoms with Crippen LogP contribution in [-0.4, -0.2) is 47.5 Å². The van der Waals surface area contributed by atoms with Gasteiger partial charge in [0, 0.05) is 11.8 Å². The third-order valence-electron chi connectivity index (χ3n) is 4.63. The van der Waals surface area contributed by atoms with Gasteiger partial charge >= 0.3 is 5.69 Å². The second-order valence-electron chi connectivity index (χ2n) is 6.39. The summed E-state index contributed by atoms with van der Waals surface area (Å²) < 4.78 is 6.69. The van der Waals surface area contributed by atoms with Crippen LogP contribution >= 0.6 is 0 Å². The zero-order chi connectivity index (χ0) is 20.8. The summed E-state index contributed by atoms with van der Waals surface area (Å²) in [5, 5.41) is 0. The molecule has 5 rings (SSSR count). The summed E-state index contributed by atoms with van der Waals surface area (Å²) in [5.41, 5.74) is 7.43. The van der Waals surface area contributed by atoms with Crippen molar-refractivity contribution in [3.8, 4) is 22.8 Å². The number of para-hydroxylation sites is 2. The lowest BCUT2D eigenvalue weighted by Crippen LogP contribution is -2.16. The molecule has 4 heterocycles. The topological polar surface area (TPSA) is 157 Å². The highest BCUT2D eigenvalue weighted by atomic mass is 16.5. The third kappa shape index (κ3) is 2.60. The zero-order valence-electron chi connectivity index (χ0n) is 15.6. The molecule has 0 aliphatic heterocycles. The summed E-state index contributed by atoms with van der Waals surface area (Å²) in [5.74, 6) is -0.155. The molecule has 0 spiro atoms. The van der Waals surface area contributed by atoms with Crippen molar-refractivity contribution in [2.45, 2.75) is 0 Å². The fraction of sp³-hybridized carbons (Fsp3) is 0.0526. The maximum atomic E-state index is 12.8. The number of pyridine rings is 1. The minimum atomic E-state index is -0.798. The van der Waals surface area contributed by atoms with Crippen LogP contribution in [0, 0.1) is 0 Å². The van der Waals surface area contributed by atoms with Gasteiger partial charge in [-0.1, -0.05) is 12.1 Å². The largest absolute Gasteiger partial charge is 0.495 e.